The fraction of sp³-hybridized carbons (Fsp3) is 0.118. The first-order chi connectivity index (χ1) is 11.6. The maximum absolute atomic E-state index is 12.3. The standard InChI is InChI=1S/C17H17N3O3S/c1-23-16-7-5-6-14(10-16)12-20-13-15(11-18-20)19-24(21,22)17-8-3-2-4-9-17/h2-11,13,19H,12H2,1H3. The molecule has 0 spiro atoms. The zero-order valence-corrected chi connectivity index (χ0v) is 13.9. The van der Waals surface area contributed by atoms with E-state index in [1.54, 1.807) is 48.3 Å². The number of benzene rings is 2. The van der Waals surface area contributed by atoms with Gasteiger partial charge in [-0.25, -0.2) is 8.42 Å². The molecule has 0 atom stereocenters. The molecule has 7 heteroatoms. The fourth-order valence-electron chi connectivity index (χ4n) is 2.27. The van der Waals surface area contributed by atoms with Gasteiger partial charge in [0, 0.05) is 6.20 Å². The summed E-state index contributed by atoms with van der Waals surface area (Å²) in [6.45, 7) is 0.518. The monoisotopic (exact) mass is 343 g/mol. The summed E-state index contributed by atoms with van der Waals surface area (Å²) >= 11 is 0. The molecule has 0 aliphatic rings. The van der Waals surface area contributed by atoms with Gasteiger partial charge in [0.05, 0.1) is 30.4 Å². The Morgan fingerprint density at radius 3 is 2.67 bits per heavy atom. The van der Waals surface area contributed by atoms with Gasteiger partial charge in [-0.3, -0.25) is 9.40 Å². The lowest BCUT2D eigenvalue weighted by Gasteiger charge is -2.06. The Morgan fingerprint density at radius 2 is 1.92 bits per heavy atom. The normalized spacial score (nSPS) is 11.2. The molecule has 0 saturated heterocycles. The number of sulfonamides is 1. The molecule has 1 heterocycles. The molecule has 124 valence electrons. The van der Waals surface area contributed by atoms with E-state index in [1.807, 2.05) is 24.3 Å². The van der Waals surface area contributed by atoms with Gasteiger partial charge in [0.25, 0.3) is 10.0 Å². The van der Waals surface area contributed by atoms with E-state index < -0.39 is 10.0 Å². The molecule has 0 unspecified atom stereocenters. The number of rotatable bonds is 6. The van der Waals surface area contributed by atoms with Crippen molar-refractivity contribution in [1.29, 1.82) is 0 Å². The largest absolute Gasteiger partial charge is 0.497 e. The van der Waals surface area contributed by atoms with Crippen molar-refractivity contribution in [3.05, 3.63) is 72.6 Å². The molecule has 24 heavy (non-hydrogen) atoms. The summed E-state index contributed by atoms with van der Waals surface area (Å²) in [6.07, 6.45) is 3.14. The molecule has 0 saturated carbocycles. The van der Waals surface area contributed by atoms with Crippen molar-refractivity contribution >= 4 is 15.7 Å². The third kappa shape index (κ3) is 3.75. The molecule has 0 radical (unpaired) electrons. The molecule has 2 aromatic carbocycles. The van der Waals surface area contributed by atoms with E-state index in [1.165, 1.54) is 6.20 Å². The van der Waals surface area contributed by atoms with Crippen molar-refractivity contribution in [3.63, 3.8) is 0 Å². The second-order valence-corrected chi connectivity index (χ2v) is 6.88. The minimum atomic E-state index is -3.61. The number of nitrogens with zero attached hydrogens (tertiary/aromatic N) is 2. The van der Waals surface area contributed by atoms with Crippen molar-refractivity contribution in [1.82, 2.24) is 9.78 Å². The molecule has 0 fully saturated rings. The Kier molecular flexibility index (Phi) is 4.52. The van der Waals surface area contributed by atoms with Gasteiger partial charge < -0.3 is 4.74 Å². The highest BCUT2D eigenvalue weighted by atomic mass is 32.2. The third-order valence-electron chi connectivity index (χ3n) is 3.42. The van der Waals surface area contributed by atoms with Crippen LogP contribution in [0.15, 0.2) is 71.9 Å². The zero-order chi connectivity index (χ0) is 17.0. The van der Waals surface area contributed by atoms with E-state index in [0.717, 1.165) is 11.3 Å². The Morgan fingerprint density at radius 1 is 1.12 bits per heavy atom. The first-order valence-electron chi connectivity index (χ1n) is 7.30. The second-order valence-electron chi connectivity index (χ2n) is 5.20. The number of ether oxygens (including phenoxy) is 1. The van der Waals surface area contributed by atoms with E-state index in [0.29, 0.717) is 12.2 Å². The van der Waals surface area contributed by atoms with Crippen LogP contribution in [0.4, 0.5) is 5.69 Å². The lowest BCUT2D eigenvalue weighted by Crippen LogP contribution is -2.12. The lowest BCUT2D eigenvalue weighted by atomic mass is 10.2. The van der Waals surface area contributed by atoms with Crippen LogP contribution in [-0.2, 0) is 16.6 Å². The number of hydrogen-bond acceptors (Lipinski definition) is 4. The molecule has 0 aliphatic carbocycles. The van der Waals surface area contributed by atoms with E-state index in [4.69, 9.17) is 4.74 Å². The highest BCUT2D eigenvalue weighted by molar-refractivity contribution is 7.92. The van der Waals surface area contributed by atoms with Crippen LogP contribution in [0.2, 0.25) is 0 Å². The predicted octanol–water partition coefficient (Wildman–Crippen LogP) is 2.74. The number of methoxy groups -OCH3 is 1. The Bertz CT molecular complexity index is 921. The maximum Gasteiger partial charge on any atom is 0.261 e. The SMILES string of the molecule is COc1cccc(Cn2cc(NS(=O)(=O)c3ccccc3)cn2)c1. The van der Waals surface area contributed by atoms with Crippen molar-refractivity contribution in [3.8, 4) is 5.75 Å². The molecular formula is C17H17N3O3S. The molecule has 6 nitrogen and oxygen atoms in total. The first-order valence-corrected chi connectivity index (χ1v) is 8.78. The van der Waals surface area contributed by atoms with Crippen molar-refractivity contribution in [2.45, 2.75) is 11.4 Å². The number of nitrogens with one attached hydrogen (secondary N) is 1. The first kappa shape index (κ1) is 16.1. The maximum atomic E-state index is 12.3. The van der Waals surface area contributed by atoms with E-state index in [-0.39, 0.29) is 4.90 Å². The summed E-state index contributed by atoms with van der Waals surface area (Å²) in [4.78, 5) is 0.213. The lowest BCUT2D eigenvalue weighted by molar-refractivity contribution is 0.414. The van der Waals surface area contributed by atoms with Crippen molar-refractivity contribution < 1.29 is 13.2 Å². The van der Waals surface area contributed by atoms with Gasteiger partial charge in [-0.2, -0.15) is 5.10 Å². The second kappa shape index (κ2) is 6.76. The average Bonchev–Trinajstić information content (AvgIpc) is 3.02. The summed E-state index contributed by atoms with van der Waals surface area (Å²) in [5, 5.41) is 4.19. The fourth-order valence-corrected chi connectivity index (χ4v) is 3.32. The summed E-state index contributed by atoms with van der Waals surface area (Å²) in [7, 11) is -1.99. The molecule has 0 aliphatic heterocycles. The molecule has 0 amide bonds. The summed E-state index contributed by atoms with van der Waals surface area (Å²) in [5.74, 6) is 0.768. The quantitative estimate of drug-likeness (QED) is 0.747. The topological polar surface area (TPSA) is 73.2 Å². The van der Waals surface area contributed by atoms with Crippen LogP contribution >= 0.6 is 0 Å². The summed E-state index contributed by atoms with van der Waals surface area (Å²) < 4.78 is 34.0. The van der Waals surface area contributed by atoms with Crippen LogP contribution in [0.3, 0.4) is 0 Å². The number of hydrogen-bond donors (Lipinski definition) is 1. The minimum absolute atomic E-state index is 0.213. The Hall–Kier alpha value is -2.80. The van der Waals surface area contributed by atoms with Gasteiger partial charge in [-0.15, -0.1) is 0 Å². The van der Waals surface area contributed by atoms with Crippen molar-refractivity contribution in [2.75, 3.05) is 11.8 Å². The Balaban J connectivity index is 1.74. The van der Waals surface area contributed by atoms with Crippen molar-refractivity contribution in [2.24, 2.45) is 0 Å². The highest BCUT2D eigenvalue weighted by Gasteiger charge is 2.14. The molecular weight excluding hydrogens is 326 g/mol. The van der Waals surface area contributed by atoms with Crippen LogP contribution in [0, 0.1) is 0 Å². The smallest absolute Gasteiger partial charge is 0.261 e. The van der Waals surface area contributed by atoms with Crippen LogP contribution in [-0.4, -0.2) is 25.3 Å². The van der Waals surface area contributed by atoms with Gasteiger partial charge in [0.2, 0.25) is 0 Å². The zero-order valence-electron chi connectivity index (χ0n) is 13.1. The van der Waals surface area contributed by atoms with Crippen LogP contribution in [0.1, 0.15) is 5.56 Å². The van der Waals surface area contributed by atoms with Gasteiger partial charge in [0.15, 0.2) is 0 Å². The van der Waals surface area contributed by atoms with Gasteiger partial charge >= 0.3 is 0 Å². The molecule has 1 aromatic heterocycles. The van der Waals surface area contributed by atoms with Gasteiger partial charge in [-0.1, -0.05) is 30.3 Å². The predicted molar refractivity (Wildman–Crippen MR) is 91.6 cm³/mol. The summed E-state index contributed by atoms with van der Waals surface area (Å²) in [6, 6.07) is 15.9. The molecule has 3 aromatic rings. The van der Waals surface area contributed by atoms with Crippen LogP contribution in [0.25, 0.3) is 0 Å². The molecule has 1 N–H and O–H groups in total. The minimum Gasteiger partial charge on any atom is -0.497 e. The molecule has 0 bridgehead atoms. The van der Waals surface area contributed by atoms with Crippen LogP contribution in [0.5, 0.6) is 5.75 Å². The highest BCUT2D eigenvalue weighted by Crippen LogP contribution is 2.17. The van der Waals surface area contributed by atoms with Gasteiger partial charge in [-0.05, 0) is 29.8 Å². The van der Waals surface area contributed by atoms with Crippen LogP contribution < -0.4 is 9.46 Å². The van der Waals surface area contributed by atoms with E-state index in [9.17, 15) is 8.42 Å². The number of anilines is 1. The van der Waals surface area contributed by atoms with E-state index >= 15 is 0 Å². The third-order valence-corrected chi connectivity index (χ3v) is 4.81. The summed E-state index contributed by atoms with van der Waals surface area (Å²) in [5.41, 5.74) is 1.43. The van der Waals surface area contributed by atoms with E-state index in [2.05, 4.69) is 9.82 Å². The Labute approximate surface area is 140 Å². The van der Waals surface area contributed by atoms with Gasteiger partial charge in [0.1, 0.15) is 5.75 Å². The average molecular weight is 343 g/mol. The molecule has 3 rings (SSSR count). The number of aromatic nitrogens is 2.